The van der Waals surface area contributed by atoms with E-state index in [2.05, 4.69) is 40.5 Å². The predicted molar refractivity (Wildman–Crippen MR) is 105 cm³/mol. The monoisotopic (exact) mass is 349 g/mol. The van der Waals surface area contributed by atoms with Gasteiger partial charge in [0.05, 0.1) is 0 Å². The zero-order valence-corrected chi connectivity index (χ0v) is 15.2. The normalized spacial score (nSPS) is 23.3. The van der Waals surface area contributed by atoms with Gasteiger partial charge in [0.1, 0.15) is 0 Å². The number of hydrogen-bond acceptors (Lipinski definition) is 3. The van der Waals surface area contributed by atoms with Gasteiger partial charge >= 0.3 is 0 Å². The Hall–Kier alpha value is -2.33. The molecule has 2 fully saturated rings. The van der Waals surface area contributed by atoms with Crippen molar-refractivity contribution >= 4 is 11.6 Å². The van der Waals surface area contributed by atoms with Gasteiger partial charge in [-0.2, -0.15) is 0 Å². The molecule has 4 heteroatoms. The third-order valence-corrected chi connectivity index (χ3v) is 5.53. The first-order valence-corrected chi connectivity index (χ1v) is 9.66. The molecule has 2 atom stereocenters. The average Bonchev–Trinajstić information content (AvgIpc) is 3.33. The number of rotatable bonds is 5. The Kier molecular flexibility index (Phi) is 5.21. The van der Waals surface area contributed by atoms with E-state index in [-0.39, 0.29) is 5.91 Å². The maximum atomic E-state index is 12.6. The number of benzene rings is 2. The smallest absolute Gasteiger partial charge is 0.253 e. The van der Waals surface area contributed by atoms with Crippen LogP contribution in [0.15, 0.2) is 60.7 Å². The van der Waals surface area contributed by atoms with E-state index < -0.39 is 0 Å². The number of likely N-dealkylation sites (tertiary alicyclic amines) is 2. The lowest BCUT2D eigenvalue weighted by molar-refractivity contribution is 0.0784. The minimum absolute atomic E-state index is 0.179. The summed E-state index contributed by atoms with van der Waals surface area (Å²) in [6, 6.07) is 20.6. The third-order valence-electron chi connectivity index (χ3n) is 5.53. The van der Waals surface area contributed by atoms with Gasteiger partial charge in [0, 0.05) is 50.0 Å². The van der Waals surface area contributed by atoms with Crippen LogP contribution in [0.3, 0.4) is 0 Å². The topological polar surface area (TPSA) is 35.6 Å². The Labute approximate surface area is 155 Å². The zero-order chi connectivity index (χ0) is 17.8. The number of nitrogens with zero attached hydrogens (tertiary/aromatic N) is 2. The van der Waals surface area contributed by atoms with E-state index in [0.717, 1.165) is 44.7 Å². The molecule has 2 aromatic carbocycles. The van der Waals surface area contributed by atoms with Crippen LogP contribution < -0.4 is 5.32 Å². The summed E-state index contributed by atoms with van der Waals surface area (Å²) >= 11 is 0. The minimum Gasteiger partial charge on any atom is -0.381 e. The summed E-state index contributed by atoms with van der Waals surface area (Å²) < 4.78 is 0. The van der Waals surface area contributed by atoms with Gasteiger partial charge < -0.3 is 15.1 Å². The molecule has 0 radical (unpaired) electrons. The van der Waals surface area contributed by atoms with Gasteiger partial charge in [-0.15, -0.1) is 0 Å². The number of carbonyl (C=O) groups is 1. The van der Waals surface area contributed by atoms with E-state index in [4.69, 9.17) is 0 Å². The Morgan fingerprint density at radius 3 is 2.42 bits per heavy atom. The number of carbonyl (C=O) groups excluding carboxylic acids is 1. The molecule has 0 aromatic heterocycles. The highest BCUT2D eigenvalue weighted by Gasteiger charge is 2.30. The van der Waals surface area contributed by atoms with E-state index in [1.165, 1.54) is 12.1 Å². The van der Waals surface area contributed by atoms with E-state index >= 15 is 0 Å². The van der Waals surface area contributed by atoms with Gasteiger partial charge in [-0.05, 0) is 43.0 Å². The van der Waals surface area contributed by atoms with Crippen molar-refractivity contribution in [1.82, 2.24) is 9.80 Å². The van der Waals surface area contributed by atoms with Crippen molar-refractivity contribution in [1.29, 1.82) is 0 Å². The number of anilines is 1. The van der Waals surface area contributed by atoms with E-state index in [1.807, 2.05) is 35.2 Å². The molecule has 0 bridgehead atoms. The van der Waals surface area contributed by atoms with Crippen LogP contribution in [0.2, 0.25) is 0 Å². The van der Waals surface area contributed by atoms with Crippen molar-refractivity contribution in [3.05, 3.63) is 66.2 Å². The van der Waals surface area contributed by atoms with Gasteiger partial charge in [-0.25, -0.2) is 0 Å². The molecule has 0 saturated carbocycles. The Balaban J connectivity index is 1.25. The lowest BCUT2D eigenvalue weighted by Gasteiger charge is -2.22. The van der Waals surface area contributed by atoms with Crippen molar-refractivity contribution in [2.45, 2.75) is 18.9 Å². The van der Waals surface area contributed by atoms with Crippen LogP contribution >= 0.6 is 0 Å². The van der Waals surface area contributed by atoms with Gasteiger partial charge in [0.2, 0.25) is 0 Å². The Bertz CT molecular complexity index is 719. The average molecular weight is 349 g/mol. The summed E-state index contributed by atoms with van der Waals surface area (Å²) in [5, 5.41) is 3.64. The Morgan fingerprint density at radius 1 is 0.923 bits per heavy atom. The highest BCUT2D eigenvalue weighted by atomic mass is 16.2. The molecule has 2 aliphatic rings. The first-order chi connectivity index (χ1) is 12.8. The molecule has 1 N–H and O–H groups in total. The fourth-order valence-electron chi connectivity index (χ4n) is 4.18. The minimum atomic E-state index is 0.179. The first kappa shape index (κ1) is 17.1. The molecule has 4 nitrogen and oxygen atoms in total. The quantitative estimate of drug-likeness (QED) is 0.899. The molecule has 4 rings (SSSR count). The van der Waals surface area contributed by atoms with Gasteiger partial charge in [0.25, 0.3) is 5.91 Å². The SMILES string of the molecule is O=C(c1ccccc1)N1CCC(CN2CCC(Nc3ccccc3)C2)C1. The van der Waals surface area contributed by atoms with Crippen LogP contribution in [-0.4, -0.2) is 54.5 Å². The van der Waals surface area contributed by atoms with Gasteiger partial charge in [0.15, 0.2) is 0 Å². The summed E-state index contributed by atoms with van der Waals surface area (Å²) in [7, 11) is 0. The number of nitrogens with one attached hydrogen (secondary N) is 1. The summed E-state index contributed by atoms with van der Waals surface area (Å²) in [5.41, 5.74) is 2.02. The second-order valence-electron chi connectivity index (χ2n) is 7.53. The van der Waals surface area contributed by atoms with E-state index in [9.17, 15) is 4.79 Å². The molecule has 2 heterocycles. The molecule has 136 valence electrons. The molecular formula is C22H27N3O. The summed E-state index contributed by atoms with van der Waals surface area (Å²) in [6.45, 7) is 5.12. The maximum absolute atomic E-state index is 12.6. The maximum Gasteiger partial charge on any atom is 0.253 e. The highest BCUT2D eigenvalue weighted by Crippen LogP contribution is 2.23. The van der Waals surface area contributed by atoms with Crippen LogP contribution in [0.4, 0.5) is 5.69 Å². The number of amides is 1. The first-order valence-electron chi connectivity index (χ1n) is 9.66. The van der Waals surface area contributed by atoms with Gasteiger partial charge in [-0.1, -0.05) is 36.4 Å². The van der Waals surface area contributed by atoms with Crippen LogP contribution in [0.5, 0.6) is 0 Å². The van der Waals surface area contributed by atoms with E-state index in [0.29, 0.717) is 12.0 Å². The predicted octanol–water partition coefficient (Wildman–Crippen LogP) is 3.34. The standard InChI is InChI=1S/C22H27N3O/c26-22(19-7-3-1-4-8-19)25-14-11-18(16-25)15-24-13-12-21(17-24)23-20-9-5-2-6-10-20/h1-10,18,21,23H,11-17H2. The third kappa shape index (κ3) is 4.07. The van der Waals surface area contributed by atoms with Crippen molar-refractivity contribution in [2.75, 3.05) is 38.0 Å². The van der Waals surface area contributed by atoms with Crippen LogP contribution in [0.1, 0.15) is 23.2 Å². The number of para-hydroxylation sites is 1. The molecule has 2 aromatic rings. The van der Waals surface area contributed by atoms with Crippen molar-refractivity contribution < 1.29 is 4.79 Å². The van der Waals surface area contributed by atoms with Crippen LogP contribution in [0.25, 0.3) is 0 Å². The summed E-state index contributed by atoms with van der Waals surface area (Å²) in [5.74, 6) is 0.774. The molecular weight excluding hydrogens is 322 g/mol. The molecule has 1 amide bonds. The van der Waals surface area contributed by atoms with Crippen LogP contribution in [0, 0.1) is 5.92 Å². The Morgan fingerprint density at radius 2 is 1.65 bits per heavy atom. The summed E-state index contributed by atoms with van der Waals surface area (Å²) in [4.78, 5) is 17.2. The van der Waals surface area contributed by atoms with Crippen molar-refractivity contribution in [3.63, 3.8) is 0 Å². The molecule has 2 aliphatic heterocycles. The highest BCUT2D eigenvalue weighted by molar-refractivity contribution is 5.94. The second-order valence-corrected chi connectivity index (χ2v) is 7.53. The molecule has 0 aliphatic carbocycles. The lowest BCUT2D eigenvalue weighted by atomic mass is 10.1. The fraction of sp³-hybridized carbons (Fsp3) is 0.409. The van der Waals surface area contributed by atoms with E-state index in [1.54, 1.807) is 0 Å². The van der Waals surface area contributed by atoms with Crippen molar-refractivity contribution in [2.24, 2.45) is 5.92 Å². The lowest BCUT2D eigenvalue weighted by Crippen LogP contribution is -2.33. The second kappa shape index (κ2) is 7.92. The number of hydrogen-bond donors (Lipinski definition) is 1. The molecule has 2 unspecified atom stereocenters. The fourth-order valence-corrected chi connectivity index (χ4v) is 4.18. The molecule has 26 heavy (non-hydrogen) atoms. The summed E-state index contributed by atoms with van der Waals surface area (Å²) in [6.07, 6.45) is 2.31. The van der Waals surface area contributed by atoms with Crippen LogP contribution in [-0.2, 0) is 0 Å². The zero-order valence-electron chi connectivity index (χ0n) is 15.2. The molecule has 0 spiro atoms. The largest absolute Gasteiger partial charge is 0.381 e. The van der Waals surface area contributed by atoms with Gasteiger partial charge in [-0.3, -0.25) is 4.79 Å². The molecule has 2 saturated heterocycles. The van der Waals surface area contributed by atoms with Crippen molar-refractivity contribution in [3.8, 4) is 0 Å².